The van der Waals surface area contributed by atoms with E-state index >= 15 is 0 Å². The minimum atomic E-state index is -4.36. The first-order valence-corrected chi connectivity index (χ1v) is 8.85. The fraction of sp³-hybridized carbons (Fsp3) is 0.368. The van der Waals surface area contributed by atoms with E-state index in [1.807, 2.05) is 35.2 Å². The first-order chi connectivity index (χ1) is 11.8. The highest BCUT2D eigenvalue weighted by molar-refractivity contribution is 6.34. The second-order valence-corrected chi connectivity index (χ2v) is 7.37. The second-order valence-electron chi connectivity index (χ2n) is 6.50. The van der Waals surface area contributed by atoms with Crippen LogP contribution in [-0.2, 0) is 11.8 Å². The molecule has 0 saturated carbocycles. The third-order valence-electron chi connectivity index (χ3n) is 4.87. The van der Waals surface area contributed by atoms with Crippen molar-refractivity contribution >= 4 is 23.2 Å². The van der Waals surface area contributed by atoms with Crippen LogP contribution in [0, 0.1) is 0 Å². The zero-order chi connectivity index (χ0) is 18.1. The van der Waals surface area contributed by atoms with Crippen molar-refractivity contribution in [2.45, 2.75) is 24.4 Å². The van der Waals surface area contributed by atoms with Crippen molar-refractivity contribution in [3.63, 3.8) is 0 Å². The van der Waals surface area contributed by atoms with Gasteiger partial charge in [0.2, 0.25) is 0 Å². The lowest BCUT2D eigenvalue weighted by atomic mass is 9.79. The molecule has 0 amide bonds. The Labute approximate surface area is 155 Å². The number of hydrogen-bond donors (Lipinski definition) is 0. The van der Waals surface area contributed by atoms with Crippen molar-refractivity contribution in [1.82, 2.24) is 4.90 Å². The van der Waals surface area contributed by atoms with Crippen molar-refractivity contribution in [1.29, 1.82) is 0 Å². The van der Waals surface area contributed by atoms with Crippen LogP contribution >= 0.6 is 23.2 Å². The van der Waals surface area contributed by atoms with Gasteiger partial charge in [-0.05, 0) is 48.7 Å². The molecule has 1 heterocycles. The van der Waals surface area contributed by atoms with E-state index in [0.717, 1.165) is 12.0 Å². The monoisotopic (exact) mass is 387 g/mol. The Morgan fingerprint density at radius 2 is 1.64 bits per heavy atom. The van der Waals surface area contributed by atoms with E-state index in [0.29, 0.717) is 13.1 Å². The molecular formula is C19H18Cl2F3N. The summed E-state index contributed by atoms with van der Waals surface area (Å²) in [6, 6.07) is 14.0. The van der Waals surface area contributed by atoms with Crippen LogP contribution < -0.4 is 0 Å². The summed E-state index contributed by atoms with van der Waals surface area (Å²) in [4.78, 5) is 1.87. The van der Waals surface area contributed by atoms with Crippen molar-refractivity contribution in [2.24, 2.45) is 0 Å². The van der Waals surface area contributed by atoms with Gasteiger partial charge < -0.3 is 4.90 Å². The van der Waals surface area contributed by atoms with Crippen LogP contribution in [0.3, 0.4) is 0 Å². The molecule has 1 saturated heterocycles. The molecule has 25 heavy (non-hydrogen) atoms. The Kier molecular flexibility index (Phi) is 5.33. The zero-order valence-corrected chi connectivity index (χ0v) is 15.0. The maximum atomic E-state index is 14.0. The van der Waals surface area contributed by atoms with Gasteiger partial charge in [-0.1, -0.05) is 53.5 Å². The molecule has 0 aliphatic carbocycles. The predicted octanol–water partition coefficient (Wildman–Crippen LogP) is 5.74. The van der Waals surface area contributed by atoms with E-state index in [9.17, 15) is 13.2 Å². The first-order valence-electron chi connectivity index (χ1n) is 8.10. The third kappa shape index (κ3) is 3.97. The maximum absolute atomic E-state index is 14.0. The van der Waals surface area contributed by atoms with Crippen LogP contribution in [0.2, 0.25) is 10.0 Å². The highest BCUT2D eigenvalue weighted by Crippen LogP contribution is 2.48. The fourth-order valence-corrected chi connectivity index (χ4v) is 4.00. The molecule has 6 heteroatoms. The van der Waals surface area contributed by atoms with E-state index in [1.165, 1.54) is 18.2 Å². The van der Waals surface area contributed by atoms with Gasteiger partial charge in [0.15, 0.2) is 0 Å². The van der Waals surface area contributed by atoms with Crippen molar-refractivity contribution in [3.8, 4) is 0 Å². The van der Waals surface area contributed by atoms with Gasteiger partial charge in [-0.25, -0.2) is 0 Å². The second kappa shape index (κ2) is 7.18. The Hall–Kier alpha value is -1.23. The van der Waals surface area contributed by atoms with Crippen molar-refractivity contribution < 1.29 is 13.2 Å². The van der Waals surface area contributed by atoms with Crippen molar-refractivity contribution in [2.75, 3.05) is 19.6 Å². The van der Waals surface area contributed by atoms with E-state index < -0.39 is 11.6 Å². The maximum Gasteiger partial charge on any atom is 0.399 e. The topological polar surface area (TPSA) is 3.24 Å². The lowest BCUT2D eigenvalue weighted by Gasteiger charge is -2.33. The summed E-state index contributed by atoms with van der Waals surface area (Å²) in [6.45, 7) is 0.923. The zero-order valence-electron chi connectivity index (χ0n) is 13.5. The summed E-state index contributed by atoms with van der Waals surface area (Å²) in [7, 11) is 0. The van der Waals surface area contributed by atoms with Gasteiger partial charge in [0, 0.05) is 23.1 Å². The highest BCUT2D eigenvalue weighted by atomic mass is 35.5. The van der Waals surface area contributed by atoms with Crippen LogP contribution in [0.4, 0.5) is 13.2 Å². The molecule has 0 bridgehead atoms. The summed E-state index contributed by atoms with van der Waals surface area (Å²) in [5, 5.41) is 0.461. The van der Waals surface area contributed by atoms with Crippen LogP contribution in [0.5, 0.6) is 0 Å². The van der Waals surface area contributed by atoms with E-state index in [2.05, 4.69) is 0 Å². The van der Waals surface area contributed by atoms with E-state index in [4.69, 9.17) is 23.2 Å². The number of likely N-dealkylation sites (tertiary alicyclic amines) is 1. The van der Waals surface area contributed by atoms with E-state index in [1.54, 1.807) is 0 Å². The average molecular weight is 388 g/mol. The number of alkyl halides is 3. The van der Waals surface area contributed by atoms with Crippen molar-refractivity contribution in [3.05, 3.63) is 69.7 Å². The number of hydrogen-bond acceptors (Lipinski definition) is 1. The number of rotatable bonds is 4. The van der Waals surface area contributed by atoms with Crippen LogP contribution in [0.15, 0.2) is 48.5 Å². The molecule has 1 atom stereocenters. The molecule has 0 N–H and O–H groups in total. The van der Waals surface area contributed by atoms with Gasteiger partial charge in [0.25, 0.3) is 0 Å². The number of nitrogens with zero attached hydrogens (tertiary/aromatic N) is 1. The molecule has 1 aliphatic rings. The third-order valence-corrected chi connectivity index (χ3v) is 5.30. The SMILES string of the molecule is FC(F)(F)C1(c2cc(Cl)cc(Cl)c2)CCN(CCc2ccccc2)C1. The summed E-state index contributed by atoms with van der Waals surface area (Å²) in [5.74, 6) is 0. The standard InChI is InChI=1S/C19H18Cl2F3N/c20-16-10-15(11-17(21)12-16)18(19(22,23)24)7-9-25(13-18)8-6-14-4-2-1-3-5-14/h1-5,10-12H,6-9,13H2. The largest absolute Gasteiger partial charge is 0.399 e. The van der Waals surface area contributed by atoms with Crippen LogP contribution in [-0.4, -0.2) is 30.7 Å². The summed E-state index contributed by atoms with van der Waals surface area (Å²) in [6.07, 6.45) is -3.62. The smallest absolute Gasteiger partial charge is 0.302 e. The van der Waals surface area contributed by atoms with E-state index in [-0.39, 0.29) is 28.6 Å². The molecule has 0 radical (unpaired) electrons. The molecule has 1 unspecified atom stereocenters. The van der Waals surface area contributed by atoms with Crippen LogP contribution in [0.1, 0.15) is 17.5 Å². The van der Waals surface area contributed by atoms with Gasteiger partial charge in [-0.2, -0.15) is 13.2 Å². The average Bonchev–Trinajstić information content (AvgIpc) is 2.98. The molecule has 1 fully saturated rings. The quantitative estimate of drug-likeness (QED) is 0.646. The summed E-state index contributed by atoms with van der Waals surface area (Å²) >= 11 is 11.9. The Morgan fingerprint density at radius 1 is 1.00 bits per heavy atom. The molecule has 0 aromatic heterocycles. The summed E-state index contributed by atoms with van der Waals surface area (Å²) < 4.78 is 42.0. The van der Waals surface area contributed by atoms with Gasteiger partial charge in [-0.3, -0.25) is 0 Å². The first kappa shape index (κ1) is 18.6. The Balaban J connectivity index is 1.81. The van der Waals surface area contributed by atoms with Gasteiger partial charge in [0.05, 0.1) is 0 Å². The molecule has 2 aromatic rings. The Bertz CT molecular complexity index is 713. The number of halogens is 5. The summed E-state index contributed by atoms with van der Waals surface area (Å²) in [5.41, 5.74) is -0.643. The Morgan fingerprint density at radius 3 is 2.24 bits per heavy atom. The molecule has 134 valence electrons. The molecule has 0 spiro atoms. The molecule has 2 aromatic carbocycles. The molecule has 1 aliphatic heterocycles. The molecular weight excluding hydrogens is 370 g/mol. The van der Waals surface area contributed by atoms with Gasteiger partial charge in [-0.15, -0.1) is 0 Å². The van der Waals surface area contributed by atoms with Crippen LogP contribution in [0.25, 0.3) is 0 Å². The molecule has 3 rings (SSSR count). The fourth-order valence-electron chi connectivity index (χ4n) is 3.47. The number of benzene rings is 2. The van der Waals surface area contributed by atoms with Gasteiger partial charge >= 0.3 is 6.18 Å². The lowest BCUT2D eigenvalue weighted by Crippen LogP contribution is -2.45. The lowest BCUT2D eigenvalue weighted by molar-refractivity contribution is -0.187. The molecule has 1 nitrogen and oxygen atoms in total. The highest BCUT2D eigenvalue weighted by Gasteiger charge is 2.58. The normalized spacial score (nSPS) is 21.6. The predicted molar refractivity (Wildman–Crippen MR) is 95.4 cm³/mol. The minimum Gasteiger partial charge on any atom is -0.302 e. The van der Waals surface area contributed by atoms with Gasteiger partial charge in [0.1, 0.15) is 5.41 Å². The minimum absolute atomic E-state index is 0.0158.